The molecular formula is C23H25FN2O2. The fourth-order valence-electron chi connectivity index (χ4n) is 4.03. The summed E-state index contributed by atoms with van der Waals surface area (Å²) in [4.78, 5) is 17.4. The standard InChI is InChI=1S/C23H25FN2O2/c1-4-20(27)23-22(15-6-9-17(24)10-7-15)25-21-11-8-16(13-26(21)23)19-12-18(19)14(3)28-5-2/h6-11,13-14,18-19H,4-5,12H2,1-3H3. The summed E-state index contributed by atoms with van der Waals surface area (Å²) in [6.45, 7) is 6.72. The first-order chi connectivity index (χ1) is 13.5. The lowest BCUT2D eigenvalue weighted by Gasteiger charge is -2.11. The SMILES string of the molecule is CCOC(C)C1CC1c1ccc2nc(-c3ccc(F)cc3)c(C(=O)CC)n2c1. The number of nitrogens with zero attached hydrogens (tertiary/aromatic N) is 2. The number of aromatic nitrogens is 2. The van der Waals surface area contributed by atoms with E-state index in [9.17, 15) is 9.18 Å². The normalized spacial score (nSPS) is 19.7. The molecule has 0 bridgehead atoms. The maximum absolute atomic E-state index is 13.3. The van der Waals surface area contributed by atoms with E-state index < -0.39 is 0 Å². The number of ketones is 1. The fraction of sp³-hybridized carbons (Fsp3) is 0.391. The van der Waals surface area contributed by atoms with Crippen LogP contribution in [0.2, 0.25) is 0 Å². The van der Waals surface area contributed by atoms with Crippen molar-refractivity contribution in [2.24, 2.45) is 5.92 Å². The van der Waals surface area contributed by atoms with Crippen LogP contribution in [0.25, 0.3) is 16.9 Å². The van der Waals surface area contributed by atoms with Crippen LogP contribution < -0.4 is 0 Å². The molecule has 0 radical (unpaired) electrons. The van der Waals surface area contributed by atoms with Crippen LogP contribution in [0, 0.1) is 11.7 Å². The van der Waals surface area contributed by atoms with Crippen molar-refractivity contribution in [3.8, 4) is 11.3 Å². The second-order valence-electron chi connectivity index (χ2n) is 7.45. The van der Waals surface area contributed by atoms with Crippen molar-refractivity contribution in [2.75, 3.05) is 6.61 Å². The molecular weight excluding hydrogens is 355 g/mol. The number of fused-ring (bicyclic) bond motifs is 1. The lowest BCUT2D eigenvalue weighted by Crippen LogP contribution is -2.11. The number of carbonyl (C=O) groups is 1. The Morgan fingerprint density at radius 2 is 2.00 bits per heavy atom. The van der Waals surface area contributed by atoms with E-state index in [1.54, 1.807) is 12.1 Å². The Hall–Kier alpha value is -2.53. The largest absolute Gasteiger partial charge is 0.378 e. The van der Waals surface area contributed by atoms with E-state index in [0.29, 0.717) is 29.6 Å². The van der Waals surface area contributed by atoms with E-state index in [-0.39, 0.29) is 17.7 Å². The van der Waals surface area contributed by atoms with E-state index in [0.717, 1.165) is 24.2 Å². The van der Waals surface area contributed by atoms with Crippen LogP contribution in [0.5, 0.6) is 0 Å². The highest BCUT2D eigenvalue weighted by molar-refractivity contribution is 6.01. The third-order valence-electron chi connectivity index (χ3n) is 5.64. The van der Waals surface area contributed by atoms with Crippen LogP contribution in [-0.2, 0) is 4.74 Å². The van der Waals surface area contributed by atoms with Gasteiger partial charge in [0.25, 0.3) is 0 Å². The van der Waals surface area contributed by atoms with Gasteiger partial charge >= 0.3 is 0 Å². The number of hydrogen-bond acceptors (Lipinski definition) is 3. The molecule has 4 rings (SSSR count). The number of rotatable bonds is 7. The second-order valence-corrected chi connectivity index (χ2v) is 7.45. The van der Waals surface area contributed by atoms with Gasteiger partial charge in [-0.2, -0.15) is 0 Å². The van der Waals surface area contributed by atoms with Crippen LogP contribution in [-0.4, -0.2) is 27.9 Å². The molecule has 1 fully saturated rings. The third kappa shape index (κ3) is 3.35. The third-order valence-corrected chi connectivity index (χ3v) is 5.64. The molecule has 146 valence electrons. The van der Waals surface area contributed by atoms with Gasteiger partial charge in [0.15, 0.2) is 5.78 Å². The average molecular weight is 380 g/mol. The molecule has 1 aliphatic carbocycles. The number of imidazole rings is 1. The number of halogens is 1. The molecule has 0 spiro atoms. The number of hydrogen-bond donors (Lipinski definition) is 0. The zero-order valence-corrected chi connectivity index (χ0v) is 16.5. The molecule has 1 aliphatic rings. The molecule has 0 amide bonds. The van der Waals surface area contributed by atoms with Crippen molar-refractivity contribution in [3.63, 3.8) is 0 Å². The van der Waals surface area contributed by atoms with E-state index in [1.165, 1.54) is 17.7 Å². The van der Waals surface area contributed by atoms with Gasteiger partial charge in [0, 0.05) is 24.8 Å². The van der Waals surface area contributed by atoms with Gasteiger partial charge in [-0.15, -0.1) is 0 Å². The van der Waals surface area contributed by atoms with Gasteiger partial charge in [-0.25, -0.2) is 9.37 Å². The highest BCUT2D eigenvalue weighted by Crippen LogP contribution is 2.50. The van der Waals surface area contributed by atoms with Crippen molar-refractivity contribution < 1.29 is 13.9 Å². The van der Waals surface area contributed by atoms with E-state index >= 15 is 0 Å². The van der Waals surface area contributed by atoms with Crippen LogP contribution in [0.3, 0.4) is 0 Å². The Labute approximate surface area is 164 Å². The Balaban J connectivity index is 1.76. The molecule has 3 aromatic rings. The molecule has 3 unspecified atom stereocenters. The number of ether oxygens (including phenoxy) is 1. The number of Topliss-reactive ketones (excluding diaryl/α,β-unsaturated/α-hetero) is 1. The van der Waals surface area contributed by atoms with Crippen molar-refractivity contribution in [1.29, 1.82) is 0 Å². The maximum Gasteiger partial charge on any atom is 0.181 e. The topological polar surface area (TPSA) is 43.6 Å². The Morgan fingerprint density at radius 3 is 2.68 bits per heavy atom. The first kappa shape index (κ1) is 18.8. The minimum Gasteiger partial charge on any atom is -0.378 e. The van der Waals surface area contributed by atoms with Crippen LogP contribution in [0.4, 0.5) is 4.39 Å². The first-order valence-electron chi connectivity index (χ1n) is 9.96. The molecule has 2 aromatic heterocycles. The number of carbonyl (C=O) groups excluding carboxylic acids is 1. The number of pyridine rings is 1. The summed E-state index contributed by atoms with van der Waals surface area (Å²) in [7, 11) is 0. The van der Waals surface area contributed by atoms with Crippen molar-refractivity contribution in [1.82, 2.24) is 9.38 Å². The number of benzene rings is 1. The van der Waals surface area contributed by atoms with Crippen molar-refractivity contribution in [3.05, 3.63) is 59.7 Å². The zero-order valence-electron chi connectivity index (χ0n) is 16.5. The minimum absolute atomic E-state index is 0.0269. The Morgan fingerprint density at radius 1 is 1.25 bits per heavy atom. The van der Waals surface area contributed by atoms with Crippen LogP contribution in [0.1, 0.15) is 55.6 Å². The molecule has 0 aliphatic heterocycles. The summed E-state index contributed by atoms with van der Waals surface area (Å²) < 4.78 is 21.0. The highest BCUT2D eigenvalue weighted by Gasteiger charge is 2.42. The van der Waals surface area contributed by atoms with E-state index in [1.807, 2.05) is 30.5 Å². The average Bonchev–Trinajstić information content (AvgIpc) is 3.42. The van der Waals surface area contributed by atoms with Gasteiger partial charge in [0.2, 0.25) is 0 Å². The molecule has 2 heterocycles. The van der Waals surface area contributed by atoms with Crippen LogP contribution >= 0.6 is 0 Å². The molecule has 4 nitrogen and oxygen atoms in total. The molecule has 1 aromatic carbocycles. The van der Waals surface area contributed by atoms with Crippen molar-refractivity contribution in [2.45, 2.75) is 45.6 Å². The van der Waals surface area contributed by atoms with Gasteiger partial charge in [0.1, 0.15) is 22.9 Å². The van der Waals surface area contributed by atoms with Gasteiger partial charge in [-0.3, -0.25) is 9.20 Å². The second kappa shape index (κ2) is 7.47. The monoisotopic (exact) mass is 380 g/mol. The van der Waals surface area contributed by atoms with Crippen LogP contribution in [0.15, 0.2) is 42.6 Å². The Kier molecular flexibility index (Phi) is 5.02. The fourth-order valence-corrected chi connectivity index (χ4v) is 4.03. The first-order valence-corrected chi connectivity index (χ1v) is 9.96. The van der Waals surface area contributed by atoms with E-state index in [2.05, 4.69) is 18.0 Å². The molecule has 5 heteroatoms. The molecule has 1 saturated carbocycles. The lowest BCUT2D eigenvalue weighted by atomic mass is 10.1. The molecule has 3 atom stereocenters. The van der Waals surface area contributed by atoms with Gasteiger partial charge in [0.05, 0.1) is 6.10 Å². The predicted molar refractivity (Wildman–Crippen MR) is 107 cm³/mol. The molecule has 0 N–H and O–H groups in total. The Bertz CT molecular complexity index is 1010. The van der Waals surface area contributed by atoms with E-state index in [4.69, 9.17) is 4.74 Å². The predicted octanol–water partition coefficient (Wildman–Crippen LogP) is 5.26. The highest BCUT2D eigenvalue weighted by atomic mass is 19.1. The summed E-state index contributed by atoms with van der Waals surface area (Å²) in [5.74, 6) is 0.690. The quantitative estimate of drug-likeness (QED) is 0.525. The summed E-state index contributed by atoms with van der Waals surface area (Å²) in [5, 5.41) is 0. The summed E-state index contributed by atoms with van der Waals surface area (Å²) in [5.41, 5.74) is 3.87. The summed E-state index contributed by atoms with van der Waals surface area (Å²) >= 11 is 0. The summed E-state index contributed by atoms with van der Waals surface area (Å²) in [6, 6.07) is 10.2. The van der Waals surface area contributed by atoms with Gasteiger partial charge in [-0.1, -0.05) is 13.0 Å². The molecule has 0 saturated heterocycles. The van der Waals surface area contributed by atoms with Gasteiger partial charge < -0.3 is 4.74 Å². The maximum atomic E-state index is 13.3. The lowest BCUT2D eigenvalue weighted by molar-refractivity contribution is 0.0594. The molecule has 28 heavy (non-hydrogen) atoms. The summed E-state index contributed by atoms with van der Waals surface area (Å²) in [6.07, 6.45) is 3.77. The smallest absolute Gasteiger partial charge is 0.181 e. The zero-order chi connectivity index (χ0) is 19.8. The van der Waals surface area contributed by atoms with Crippen molar-refractivity contribution >= 4 is 11.4 Å². The van der Waals surface area contributed by atoms with Gasteiger partial charge in [-0.05, 0) is 68.0 Å². The minimum atomic E-state index is -0.304.